The highest BCUT2D eigenvalue weighted by atomic mass is 16.5. The van der Waals surface area contributed by atoms with Gasteiger partial charge in [-0.2, -0.15) is 0 Å². The zero-order valence-corrected chi connectivity index (χ0v) is 11.7. The highest BCUT2D eigenvalue weighted by molar-refractivity contribution is 5.48. The van der Waals surface area contributed by atoms with Crippen LogP contribution in [-0.2, 0) is 0 Å². The Kier molecular flexibility index (Phi) is 5.99. The van der Waals surface area contributed by atoms with Crippen LogP contribution in [0.1, 0.15) is 33.6 Å². The fraction of sp³-hybridized carbons (Fsp3) is 0.600. The fourth-order valence-electron chi connectivity index (χ4n) is 1.93. The summed E-state index contributed by atoms with van der Waals surface area (Å²) in [5, 5.41) is 12.9. The number of anilines is 1. The monoisotopic (exact) mass is 251 g/mol. The Balaban J connectivity index is 2.64. The first kappa shape index (κ1) is 14.8. The molecule has 102 valence electrons. The van der Waals surface area contributed by atoms with Gasteiger partial charge in [-0.1, -0.05) is 19.9 Å². The second-order valence-corrected chi connectivity index (χ2v) is 4.68. The Hall–Kier alpha value is -1.22. The van der Waals surface area contributed by atoms with Crippen LogP contribution in [0.3, 0.4) is 0 Å². The molecule has 0 saturated carbocycles. The zero-order valence-electron chi connectivity index (χ0n) is 11.7. The third-order valence-corrected chi connectivity index (χ3v) is 3.65. The zero-order chi connectivity index (χ0) is 13.4. The van der Waals surface area contributed by atoms with E-state index in [1.165, 1.54) is 0 Å². The summed E-state index contributed by atoms with van der Waals surface area (Å²) < 4.78 is 5.47. The van der Waals surface area contributed by atoms with Crippen molar-refractivity contribution in [2.24, 2.45) is 5.41 Å². The molecule has 0 heterocycles. The van der Waals surface area contributed by atoms with E-state index in [0.717, 1.165) is 30.8 Å². The molecule has 0 aliphatic rings. The van der Waals surface area contributed by atoms with Crippen molar-refractivity contribution in [3.8, 4) is 5.75 Å². The molecule has 0 spiro atoms. The van der Waals surface area contributed by atoms with Crippen LogP contribution < -0.4 is 10.1 Å². The first-order valence-electron chi connectivity index (χ1n) is 6.77. The fourth-order valence-corrected chi connectivity index (χ4v) is 1.93. The van der Waals surface area contributed by atoms with Gasteiger partial charge in [-0.15, -0.1) is 0 Å². The largest absolute Gasteiger partial charge is 0.494 e. The van der Waals surface area contributed by atoms with Crippen LogP contribution in [-0.4, -0.2) is 24.9 Å². The molecule has 0 saturated heterocycles. The standard InChI is InChI=1S/C15H25NO2/c1-4-15(5-2,12-17)11-16-13-8-7-9-14(10-13)18-6-3/h7-10,16-17H,4-6,11-12H2,1-3H3. The van der Waals surface area contributed by atoms with Crippen molar-refractivity contribution in [1.29, 1.82) is 0 Å². The number of nitrogens with one attached hydrogen (secondary N) is 1. The Morgan fingerprint density at radius 3 is 2.50 bits per heavy atom. The summed E-state index contributed by atoms with van der Waals surface area (Å²) in [5.41, 5.74) is 1.02. The Morgan fingerprint density at radius 1 is 1.22 bits per heavy atom. The van der Waals surface area contributed by atoms with E-state index in [9.17, 15) is 5.11 Å². The average Bonchev–Trinajstić information content (AvgIpc) is 2.42. The third-order valence-electron chi connectivity index (χ3n) is 3.65. The molecule has 0 radical (unpaired) electrons. The maximum absolute atomic E-state index is 9.53. The molecular formula is C15H25NO2. The molecule has 3 nitrogen and oxygen atoms in total. The van der Waals surface area contributed by atoms with Gasteiger partial charge in [-0.05, 0) is 31.9 Å². The quantitative estimate of drug-likeness (QED) is 0.745. The summed E-state index contributed by atoms with van der Waals surface area (Å²) in [4.78, 5) is 0. The van der Waals surface area contributed by atoms with Gasteiger partial charge in [0.05, 0.1) is 13.2 Å². The van der Waals surface area contributed by atoms with Crippen molar-refractivity contribution in [1.82, 2.24) is 0 Å². The lowest BCUT2D eigenvalue weighted by molar-refractivity contribution is 0.127. The van der Waals surface area contributed by atoms with Crippen LogP contribution in [0.15, 0.2) is 24.3 Å². The van der Waals surface area contributed by atoms with Crippen molar-refractivity contribution >= 4 is 5.69 Å². The van der Waals surface area contributed by atoms with E-state index in [1.807, 2.05) is 31.2 Å². The Morgan fingerprint density at radius 2 is 1.94 bits per heavy atom. The number of hydrogen-bond acceptors (Lipinski definition) is 3. The molecule has 1 aromatic carbocycles. The van der Waals surface area contributed by atoms with Crippen LogP contribution in [0, 0.1) is 5.41 Å². The molecule has 18 heavy (non-hydrogen) atoms. The highest BCUT2D eigenvalue weighted by Crippen LogP contribution is 2.27. The maximum Gasteiger partial charge on any atom is 0.121 e. The summed E-state index contributed by atoms with van der Waals surface area (Å²) in [6.45, 7) is 7.90. The topological polar surface area (TPSA) is 41.5 Å². The predicted molar refractivity (Wildman–Crippen MR) is 76.2 cm³/mol. The lowest BCUT2D eigenvalue weighted by atomic mass is 9.83. The van der Waals surface area contributed by atoms with Gasteiger partial charge in [0.25, 0.3) is 0 Å². The molecule has 1 rings (SSSR count). The minimum absolute atomic E-state index is 0.0262. The van der Waals surface area contributed by atoms with Gasteiger partial charge in [0.1, 0.15) is 5.75 Å². The van der Waals surface area contributed by atoms with Gasteiger partial charge in [0.15, 0.2) is 0 Å². The second kappa shape index (κ2) is 7.27. The molecule has 0 fully saturated rings. The second-order valence-electron chi connectivity index (χ2n) is 4.68. The molecule has 0 aliphatic carbocycles. The van der Waals surface area contributed by atoms with E-state index < -0.39 is 0 Å². The minimum atomic E-state index is -0.0262. The molecule has 3 heteroatoms. The summed E-state index contributed by atoms with van der Waals surface area (Å²) in [5.74, 6) is 0.880. The van der Waals surface area contributed by atoms with Gasteiger partial charge in [-0.3, -0.25) is 0 Å². The molecule has 1 aromatic rings. The molecule has 0 atom stereocenters. The normalized spacial score (nSPS) is 11.3. The van der Waals surface area contributed by atoms with E-state index in [1.54, 1.807) is 0 Å². The van der Waals surface area contributed by atoms with Crippen molar-refractivity contribution in [3.05, 3.63) is 24.3 Å². The molecule has 0 amide bonds. The van der Waals surface area contributed by atoms with Crippen LogP contribution >= 0.6 is 0 Å². The Labute approximate surface area is 110 Å². The van der Waals surface area contributed by atoms with Gasteiger partial charge in [0.2, 0.25) is 0 Å². The van der Waals surface area contributed by atoms with Gasteiger partial charge in [-0.25, -0.2) is 0 Å². The van der Waals surface area contributed by atoms with Crippen LogP contribution in [0.25, 0.3) is 0 Å². The summed E-state index contributed by atoms with van der Waals surface area (Å²) in [6, 6.07) is 7.95. The van der Waals surface area contributed by atoms with E-state index in [-0.39, 0.29) is 12.0 Å². The van der Waals surface area contributed by atoms with E-state index in [0.29, 0.717) is 6.61 Å². The van der Waals surface area contributed by atoms with E-state index in [4.69, 9.17) is 4.74 Å². The number of aliphatic hydroxyl groups excluding tert-OH is 1. The van der Waals surface area contributed by atoms with E-state index in [2.05, 4.69) is 19.2 Å². The van der Waals surface area contributed by atoms with Crippen LogP contribution in [0.5, 0.6) is 5.75 Å². The smallest absolute Gasteiger partial charge is 0.121 e. The van der Waals surface area contributed by atoms with Crippen molar-refractivity contribution in [3.63, 3.8) is 0 Å². The highest BCUT2D eigenvalue weighted by Gasteiger charge is 2.24. The Bertz CT molecular complexity index is 340. The number of rotatable bonds is 8. The minimum Gasteiger partial charge on any atom is -0.494 e. The van der Waals surface area contributed by atoms with Crippen LogP contribution in [0.2, 0.25) is 0 Å². The predicted octanol–water partition coefficient (Wildman–Crippen LogP) is 3.30. The third kappa shape index (κ3) is 3.91. The first-order valence-corrected chi connectivity index (χ1v) is 6.77. The molecule has 0 aromatic heterocycles. The molecular weight excluding hydrogens is 226 g/mol. The SMILES string of the molecule is CCOc1cccc(NCC(CC)(CC)CO)c1. The molecule has 0 bridgehead atoms. The number of ether oxygens (including phenoxy) is 1. The van der Waals surface area contributed by atoms with Crippen molar-refractivity contribution in [2.75, 3.05) is 25.1 Å². The summed E-state index contributed by atoms with van der Waals surface area (Å²) in [7, 11) is 0. The molecule has 0 aliphatic heterocycles. The van der Waals surface area contributed by atoms with E-state index >= 15 is 0 Å². The molecule has 0 unspecified atom stereocenters. The van der Waals surface area contributed by atoms with Gasteiger partial charge < -0.3 is 15.2 Å². The summed E-state index contributed by atoms with van der Waals surface area (Å²) in [6.07, 6.45) is 1.94. The lowest BCUT2D eigenvalue weighted by Crippen LogP contribution is -2.32. The molecule has 2 N–H and O–H groups in total. The number of aliphatic hydroxyl groups is 1. The maximum atomic E-state index is 9.53. The summed E-state index contributed by atoms with van der Waals surface area (Å²) >= 11 is 0. The average molecular weight is 251 g/mol. The van der Waals surface area contributed by atoms with Gasteiger partial charge in [0, 0.05) is 23.7 Å². The van der Waals surface area contributed by atoms with Crippen LogP contribution in [0.4, 0.5) is 5.69 Å². The number of hydrogen-bond donors (Lipinski definition) is 2. The first-order chi connectivity index (χ1) is 8.69. The lowest BCUT2D eigenvalue weighted by Gasteiger charge is -2.30. The van der Waals surface area contributed by atoms with Crippen molar-refractivity contribution in [2.45, 2.75) is 33.6 Å². The number of benzene rings is 1. The van der Waals surface area contributed by atoms with Crippen molar-refractivity contribution < 1.29 is 9.84 Å². The van der Waals surface area contributed by atoms with Gasteiger partial charge >= 0.3 is 0 Å².